The van der Waals surface area contributed by atoms with Crippen LogP contribution in [0.25, 0.3) is 0 Å². The van der Waals surface area contributed by atoms with E-state index >= 15 is 0 Å². The highest BCUT2D eigenvalue weighted by Crippen LogP contribution is 2.27. The monoisotopic (exact) mass is 282 g/mol. The van der Waals surface area contributed by atoms with E-state index in [-0.39, 0.29) is 0 Å². The van der Waals surface area contributed by atoms with Gasteiger partial charge in [-0.25, -0.2) is 0 Å². The van der Waals surface area contributed by atoms with Crippen molar-refractivity contribution in [1.82, 2.24) is 5.32 Å². The average molecular weight is 282 g/mol. The highest BCUT2D eigenvalue weighted by molar-refractivity contribution is 5.66. The molecule has 2 nitrogen and oxygen atoms in total. The van der Waals surface area contributed by atoms with Crippen molar-refractivity contribution in [2.75, 3.05) is 18.5 Å². The van der Waals surface area contributed by atoms with Crippen LogP contribution in [-0.4, -0.2) is 13.6 Å². The van der Waals surface area contributed by atoms with Crippen LogP contribution < -0.4 is 10.2 Å². The van der Waals surface area contributed by atoms with Gasteiger partial charge in [-0.2, -0.15) is 0 Å². The fourth-order valence-corrected chi connectivity index (χ4v) is 2.47. The first kappa shape index (κ1) is 15.6. The summed E-state index contributed by atoms with van der Waals surface area (Å²) in [6.07, 6.45) is 0. The Morgan fingerprint density at radius 2 is 1.76 bits per heavy atom. The molecule has 0 heterocycles. The van der Waals surface area contributed by atoms with Crippen molar-refractivity contribution in [1.29, 1.82) is 0 Å². The van der Waals surface area contributed by atoms with Crippen LogP contribution in [0, 0.1) is 12.8 Å². The Hall–Kier alpha value is -1.80. The lowest BCUT2D eigenvalue weighted by atomic mass is 10.1. The number of benzene rings is 2. The molecule has 0 aliphatic heterocycles. The van der Waals surface area contributed by atoms with Crippen molar-refractivity contribution in [3.05, 3.63) is 59.7 Å². The van der Waals surface area contributed by atoms with E-state index < -0.39 is 0 Å². The molecule has 0 unspecified atom stereocenters. The maximum atomic E-state index is 3.55. The smallest absolute Gasteiger partial charge is 0.0453 e. The van der Waals surface area contributed by atoms with Crippen molar-refractivity contribution in [2.24, 2.45) is 5.92 Å². The van der Waals surface area contributed by atoms with E-state index in [9.17, 15) is 0 Å². The summed E-state index contributed by atoms with van der Waals surface area (Å²) in [5.41, 5.74) is 5.14. The van der Waals surface area contributed by atoms with Crippen LogP contribution in [0.3, 0.4) is 0 Å². The number of rotatable bonds is 6. The van der Waals surface area contributed by atoms with Crippen LogP contribution in [0.15, 0.2) is 48.5 Å². The third kappa shape index (κ3) is 4.33. The van der Waals surface area contributed by atoms with Gasteiger partial charge < -0.3 is 10.2 Å². The standard InChI is InChI=1S/C19H26N2/c1-15(2)13-20-14-17-12-16(3)10-11-19(17)21(4)18-8-6-5-7-9-18/h5-12,15,20H,13-14H2,1-4H3. The van der Waals surface area contributed by atoms with Gasteiger partial charge in [0.15, 0.2) is 0 Å². The zero-order valence-corrected chi connectivity index (χ0v) is 13.6. The first-order valence-electron chi connectivity index (χ1n) is 7.67. The van der Waals surface area contributed by atoms with Crippen LogP contribution in [0.1, 0.15) is 25.0 Å². The average Bonchev–Trinajstić information content (AvgIpc) is 2.47. The van der Waals surface area contributed by atoms with Crippen molar-refractivity contribution < 1.29 is 0 Å². The van der Waals surface area contributed by atoms with E-state index in [1.165, 1.54) is 22.5 Å². The van der Waals surface area contributed by atoms with Gasteiger partial charge in [-0.3, -0.25) is 0 Å². The van der Waals surface area contributed by atoms with E-state index in [4.69, 9.17) is 0 Å². The summed E-state index contributed by atoms with van der Waals surface area (Å²) in [5.74, 6) is 0.671. The number of aryl methyl sites for hydroxylation is 1. The third-order valence-electron chi connectivity index (χ3n) is 3.61. The predicted molar refractivity (Wildman–Crippen MR) is 92.2 cm³/mol. The molecule has 0 amide bonds. The van der Waals surface area contributed by atoms with Crippen LogP contribution in [0.2, 0.25) is 0 Å². The molecule has 2 rings (SSSR count). The van der Waals surface area contributed by atoms with Crippen molar-refractivity contribution in [2.45, 2.75) is 27.3 Å². The van der Waals surface area contributed by atoms with E-state index in [2.05, 4.69) is 86.6 Å². The number of anilines is 2. The molecule has 2 heteroatoms. The summed E-state index contributed by atoms with van der Waals surface area (Å²) in [7, 11) is 2.13. The molecule has 1 N–H and O–H groups in total. The fraction of sp³-hybridized carbons (Fsp3) is 0.368. The molecule has 0 radical (unpaired) electrons. The molecule has 0 spiro atoms. The molecule has 0 aliphatic carbocycles. The molecule has 2 aromatic rings. The molecule has 2 aromatic carbocycles. The number of nitrogens with one attached hydrogen (secondary N) is 1. The molecule has 0 fully saturated rings. The number of hydrogen-bond acceptors (Lipinski definition) is 2. The summed E-state index contributed by atoms with van der Waals surface area (Å²) in [6.45, 7) is 8.58. The summed E-state index contributed by atoms with van der Waals surface area (Å²) < 4.78 is 0. The highest BCUT2D eigenvalue weighted by atomic mass is 15.1. The number of para-hydroxylation sites is 1. The van der Waals surface area contributed by atoms with Crippen LogP contribution in [0.4, 0.5) is 11.4 Å². The summed E-state index contributed by atoms with van der Waals surface area (Å²) >= 11 is 0. The molecule has 0 atom stereocenters. The van der Waals surface area contributed by atoms with Crippen molar-refractivity contribution >= 4 is 11.4 Å². The largest absolute Gasteiger partial charge is 0.344 e. The van der Waals surface area contributed by atoms with Crippen LogP contribution >= 0.6 is 0 Å². The minimum absolute atomic E-state index is 0.671. The first-order valence-corrected chi connectivity index (χ1v) is 7.67. The third-order valence-corrected chi connectivity index (χ3v) is 3.61. The van der Waals surface area contributed by atoms with Crippen molar-refractivity contribution in [3.8, 4) is 0 Å². The molecular weight excluding hydrogens is 256 g/mol. The van der Waals surface area contributed by atoms with Gasteiger partial charge in [-0.1, -0.05) is 49.7 Å². The van der Waals surface area contributed by atoms with Crippen LogP contribution in [-0.2, 0) is 6.54 Å². The SMILES string of the molecule is Cc1ccc(N(C)c2ccccc2)c(CNCC(C)C)c1. The Kier molecular flexibility index (Phi) is 5.40. The van der Waals surface area contributed by atoms with E-state index in [0.717, 1.165) is 13.1 Å². The minimum atomic E-state index is 0.671. The molecule has 0 aliphatic rings. The highest BCUT2D eigenvalue weighted by Gasteiger charge is 2.09. The minimum Gasteiger partial charge on any atom is -0.344 e. The molecule has 21 heavy (non-hydrogen) atoms. The van der Waals surface area contributed by atoms with Gasteiger partial charge in [0.05, 0.1) is 0 Å². The van der Waals surface area contributed by atoms with E-state index in [1.807, 2.05) is 0 Å². The second-order valence-corrected chi connectivity index (χ2v) is 6.05. The Bertz CT molecular complexity index is 561. The summed E-state index contributed by atoms with van der Waals surface area (Å²) in [5, 5.41) is 3.55. The Morgan fingerprint density at radius 1 is 1.05 bits per heavy atom. The van der Waals surface area contributed by atoms with Crippen molar-refractivity contribution in [3.63, 3.8) is 0 Å². The molecule has 0 bridgehead atoms. The van der Waals surface area contributed by atoms with Gasteiger partial charge in [0.1, 0.15) is 0 Å². The summed E-state index contributed by atoms with van der Waals surface area (Å²) in [4.78, 5) is 2.26. The second kappa shape index (κ2) is 7.28. The maximum absolute atomic E-state index is 3.55. The summed E-state index contributed by atoms with van der Waals surface area (Å²) in [6, 6.07) is 17.2. The Morgan fingerprint density at radius 3 is 2.43 bits per heavy atom. The van der Waals surface area contributed by atoms with Gasteiger partial charge in [-0.15, -0.1) is 0 Å². The zero-order chi connectivity index (χ0) is 15.2. The molecule has 112 valence electrons. The molecule has 0 aromatic heterocycles. The number of nitrogens with zero attached hydrogens (tertiary/aromatic N) is 1. The van der Waals surface area contributed by atoms with Gasteiger partial charge in [0.25, 0.3) is 0 Å². The Labute approximate surface area is 128 Å². The quantitative estimate of drug-likeness (QED) is 0.838. The molecule has 0 saturated heterocycles. The van der Waals surface area contributed by atoms with Gasteiger partial charge in [-0.05, 0) is 43.1 Å². The lowest BCUT2D eigenvalue weighted by molar-refractivity contribution is 0.552. The topological polar surface area (TPSA) is 15.3 Å². The van der Waals surface area contributed by atoms with Gasteiger partial charge in [0.2, 0.25) is 0 Å². The lowest BCUT2D eigenvalue weighted by Gasteiger charge is -2.23. The van der Waals surface area contributed by atoms with E-state index in [1.54, 1.807) is 0 Å². The molecule has 0 saturated carbocycles. The second-order valence-electron chi connectivity index (χ2n) is 6.05. The molecular formula is C19H26N2. The maximum Gasteiger partial charge on any atom is 0.0453 e. The number of hydrogen-bond donors (Lipinski definition) is 1. The van der Waals surface area contributed by atoms with E-state index in [0.29, 0.717) is 5.92 Å². The Balaban J connectivity index is 2.22. The normalized spacial score (nSPS) is 10.9. The fourth-order valence-electron chi connectivity index (χ4n) is 2.47. The van der Waals surface area contributed by atoms with Crippen LogP contribution in [0.5, 0.6) is 0 Å². The lowest BCUT2D eigenvalue weighted by Crippen LogP contribution is -2.21. The zero-order valence-electron chi connectivity index (χ0n) is 13.6. The van der Waals surface area contributed by atoms with Gasteiger partial charge in [0, 0.05) is 25.0 Å². The first-order chi connectivity index (χ1) is 10.1. The van der Waals surface area contributed by atoms with Gasteiger partial charge >= 0.3 is 0 Å². The predicted octanol–water partition coefficient (Wildman–Crippen LogP) is 4.51.